The molecule has 5 heteroatoms. The summed E-state index contributed by atoms with van der Waals surface area (Å²) in [5.41, 5.74) is 1.49. The molecule has 0 N–H and O–H groups in total. The van der Waals surface area contributed by atoms with Crippen molar-refractivity contribution < 1.29 is 4.79 Å². The minimum Gasteiger partial charge on any atom is -0.353 e. The molecular formula is C15H18N4O. The number of carbonyl (C=O) groups excluding carboxylic acids is 1. The van der Waals surface area contributed by atoms with Gasteiger partial charge < -0.3 is 9.80 Å². The van der Waals surface area contributed by atoms with Gasteiger partial charge in [-0.15, -0.1) is 0 Å². The Morgan fingerprint density at radius 2 is 2.15 bits per heavy atom. The fourth-order valence-electron chi connectivity index (χ4n) is 3.20. The second-order valence-corrected chi connectivity index (χ2v) is 5.72. The fourth-order valence-corrected chi connectivity index (χ4v) is 3.20. The topological polar surface area (TPSA) is 60.2 Å². The number of fused-ring (bicyclic) bond motifs is 4. The summed E-state index contributed by atoms with van der Waals surface area (Å²) in [7, 11) is 1.89. The normalized spacial score (nSPS) is 25.6. The van der Waals surface area contributed by atoms with Crippen molar-refractivity contribution in [3.63, 3.8) is 0 Å². The van der Waals surface area contributed by atoms with Crippen LogP contribution in [0.1, 0.15) is 24.1 Å². The van der Waals surface area contributed by atoms with Crippen LogP contribution in [0.25, 0.3) is 0 Å². The molecule has 4 heterocycles. The first kappa shape index (κ1) is 12.9. The molecule has 0 saturated carbocycles. The van der Waals surface area contributed by atoms with E-state index in [1.165, 1.54) is 0 Å². The van der Waals surface area contributed by atoms with Crippen LogP contribution in [-0.4, -0.2) is 42.0 Å². The van der Waals surface area contributed by atoms with E-state index in [0.29, 0.717) is 12.1 Å². The van der Waals surface area contributed by atoms with Crippen LogP contribution in [0.2, 0.25) is 0 Å². The Labute approximate surface area is 118 Å². The zero-order valence-corrected chi connectivity index (χ0v) is 11.8. The Kier molecular flexibility index (Phi) is 3.09. The van der Waals surface area contributed by atoms with Gasteiger partial charge in [0.1, 0.15) is 11.9 Å². The van der Waals surface area contributed by atoms with E-state index in [4.69, 9.17) is 0 Å². The Morgan fingerprint density at radius 3 is 2.90 bits per heavy atom. The Morgan fingerprint density at radius 1 is 1.35 bits per heavy atom. The zero-order valence-electron chi connectivity index (χ0n) is 11.8. The van der Waals surface area contributed by atoms with Gasteiger partial charge in [-0.05, 0) is 31.9 Å². The van der Waals surface area contributed by atoms with E-state index >= 15 is 0 Å². The van der Waals surface area contributed by atoms with Gasteiger partial charge in [-0.2, -0.15) is 5.26 Å². The van der Waals surface area contributed by atoms with E-state index in [2.05, 4.69) is 16.0 Å². The number of carbonyl (C=O) groups is 1. The van der Waals surface area contributed by atoms with Gasteiger partial charge in [-0.1, -0.05) is 0 Å². The van der Waals surface area contributed by atoms with Gasteiger partial charge in [0.2, 0.25) is 5.91 Å². The summed E-state index contributed by atoms with van der Waals surface area (Å²) in [6, 6.07) is 6.11. The number of rotatable bonds is 1. The standard InChI is InChI=1S/C15H18N4O/c1-10-3-4-11(7-16)14(17-10)19-8-12-5-6-13(9-19)18(2)15(12)20/h3-4,12-13H,5-6,8-9H2,1-2H3/t12-,13+/m0/s1. The molecule has 0 radical (unpaired) electrons. The number of hydrogen-bond acceptors (Lipinski definition) is 4. The lowest BCUT2D eigenvalue weighted by molar-refractivity contribution is -0.138. The average molecular weight is 270 g/mol. The molecular weight excluding hydrogens is 252 g/mol. The lowest BCUT2D eigenvalue weighted by atomic mass is 9.95. The van der Waals surface area contributed by atoms with Crippen molar-refractivity contribution in [1.82, 2.24) is 9.88 Å². The highest BCUT2D eigenvalue weighted by atomic mass is 16.2. The molecule has 3 saturated heterocycles. The van der Waals surface area contributed by atoms with Crippen LogP contribution in [0.5, 0.6) is 0 Å². The lowest BCUT2D eigenvalue weighted by Crippen LogP contribution is -2.45. The third-order valence-electron chi connectivity index (χ3n) is 4.40. The van der Waals surface area contributed by atoms with Crippen LogP contribution in [-0.2, 0) is 4.79 Å². The predicted octanol–water partition coefficient (Wildman–Crippen LogP) is 1.32. The van der Waals surface area contributed by atoms with Crippen LogP contribution >= 0.6 is 0 Å². The summed E-state index contributed by atoms with van der Waals surface area (Å²) < 4.78 is 0. The lowest BCUT2D eigenvalue weighted by Gasteiger charge is -2.32. The number of pyridine rings is 1. The molecule has 0 aromatic carbocycles. The first-order valence-electron chi connectivity index (χ1n) is 6.99. The van der Waals surface area contributed by atoms with Crippen LogP contribution in [0, 0.1) is 24.2 Å². The largest absolute Gasteiger partial charge is 0.353 e. The van der Waals surface area contributed by atoms with Crippen LogP contribution in [0.4, 0.5) is 5.82 Å². The van der Waals surface area contributed by atoms with E-state index in [-0.39, 0.29) is 17.9 Å². The molecule has 1 aromatic heterocycles. The number of piperidine rings is 1. The molecule has 5 nitrogen and oxygen atoms in total. The highest BCUT2D eigenvalue weighted by Gasteiger charge is 2.39. The number of likely N-dealkylation sites (N-methyl/N-ethyl adjacent to an activating group) is 1. The monoisotopic (exact) mass is 270 g/mol. The van der Waals surface area contributed by atoms with E-state index in [1.807, 2.05) is 31.0 Å². The fraction of sp³-hybridized carbons (Fsp3) is 0.533. The summed E-state index contributed by atoms with van der Waals surface area (Å²) in [5, 5.41) is 9.27. The first-order valence-corrected chi connectivity index (χ1v) is 6.99. The van der Waals surface area contributed by atoms with E-state index in [0.717, 1.165) is 30.9 Å². The van der Waals surface area contributed by atoms with Crippen LogP contribution in [0.3, 0.4) is 0 Å². The van der Waals surface area contributed by atoms with Crippen molar-refractivity contribution in [3.8, 4) is 6.07 Å². The maximum Gasteiger partial charge on any atom is 0.227 e. The van der Waals surface area contributed by atoms with Gasteiger partial charge in [0.25, 0.3) is 0 Å². The van der Waals surface area contributed by atoms with Crippen molar-refractivity contribution in [3.05, 3.63) is 23.4 Å². The van der Waals surface area contributed by atoms with E-state index < -0.39 is 0 Å². The molecule has 4 rings (SSSR count). The molecule has 1 aromatic rings. The highest BCUT2D eigenvalue weighted by molar-refractivity contribution is 5.81. The van der Waals surface area contributed by atoms with Crippen molar-refractivity contribution in [2.45, 2.75) is 25.8 Å². The summed E-state index contributed by atoms with van der Waals surface area (Å²) in [6.07, 6.45) is 1.98. The first-order chi connectivity index (χ1) is 9.60. The molecule has 3 aliphatic rings. The van der Waals surface area contributed by atoms with Gasteiger partial charge in [-0.3, -0.25) is 4.79 Å². The van der Waals surface area contributed by atoms with Gasteiger partial charge >= 0.3 is 0 Å². The Bertz CT molecular complexity index is 592. The SMILES string of the molecule is Cc1ccc(C#N)c(N2C[C@@H]3CC[C@H](C2)N(C)C3=O)n1. The smallest absolute Gasteiger partial charge is 0.227 e. The van der Waals surface area contributed by atoms with Crippen molar-refractivity contribution >= 4 is 11.7 Å². The summed E-state index contributed by atoms with van der Waals surface area (Å²) in [5.74, 6) is 0.995. The Balaban J connectivity index is 1.98. The molecule has 3 fully saturated rings. The number of nitriles is 1. The van der Waals surface area contributed by atoms with Gasteiger partial charge in [-0.25, -0.2) is 4.98 Å². The van der Waals surface area contributed by atoms with Crippen LogP contribution in [0.15, 0.2) is 12.1 Å². The number of anilines is 1. The molecule has 0 spiro atoms. The molecule has 3 aliphatic heterocycles. The van der Waals surface area contributed by atoms with Crippen molar-refractivity contribution in [1.29, 1.82) is 5.26 Å². The van der Waals surface area contributed by atoms with Crippen molar-refractivity contribution in [2.24, 2.45) is 5.92 Å². The molecule has 1 amide bonds. The minimum absolute atomic E-state index is 0.0348. The third kappa shape index (κ3) is 2.01. The molecule has 2 bridgehead atoms. The maximum atomic E-state index is 12.2. The highest BCUT2D eigenvalue weighted by Crippen LogP contribution is 2.31. The number of nitrogens with zero attached hydrogens (tertiary/aromatic N) is 4. The van der Waals surface area contributed by atoms with Crippen molar-refractivity contribution in [2.75, 3.05) is 25.0 Å². The number of amides is 1. The van der Waals surface area contributed by atoms with Gasteiger partial charge in [0, 0.05) is 31.9 Å². The molecule has 20 heavy (non-hydrogen) atoms. The summed E-state index contributed by atoms with van der Waals surface area (Å²) >= 11 is 0. The minimum atomic E-state index is 0.0348. The predicted molar refractivity (Wildman–Crippen MR) is 75.2 cm³/mol. The Hall–Kier alpha value is -2.09. The quantitative estimate of drug-likeness (QED) is 0.772. The zero-order chi connectivity index (χ0) is 14.3. The van der Waals surface area contributed by atoms with E-state index in [9.17, 15) is 10.1 Å². The second kappa shape index (κ2) is 4.78. The second-order valence-electron chi connectivity index (χ2n) is 5.72. The van der Waals surface area contributed by atoms with Gasteiger partial charge in [0.05, 0.1) is 11.5 Å². The maximum absolute atomic E-state index is 12.2. The third-order valence-corrected chi connectivity index (χ3v) is 4.40. The number of hydrogen-bond donors (Lipinski definition) is 0. The van der Waals surface area contributed by atoms with E-state index in [1.54, 1.807) is 0 Å². The molecule has 0 aliphatic carbocycles. The molecule has 104 valence electrons. The number of aromatic nitrogens is 1. The number of aryl methyl sites for hydroxylation is 1. The average Bonchev–Trinajstić information content (AvgIpc) is 2.73. The summed E-state index contributed by atoms with van der Waals surface area (Å²) in [6.45, 7) is 3.36. The molecule has 2 atom stereocenters. The molecule has 0 unspecified atom stereocenters. The van der Waals surface area contributed by atoms with Gasteiger partial charge in [0.15, 0.2) is 0 Å². The summed E-state index contributed by atoms with van der Waals surface area (Å²) in [4.78, 5) is 20.7. The van der Waals surface area contributed by atoms with Crippen LogP contribution < -0.4 is 4.90 Å².